The van der Waals surface area contributed by atoms with Crippen molar-refractivity contribution in [3.05, 3.63) is 108 Å². The van der Waals surface area contributed by atoms with Gasteiger partial charge >= 0.3 is 0 Å². The minimum Gasteiger partial charge on any atom is -0.545 e. The van der Waals surface area contributed by atoms with Crippen LogP contribution in [0, 0.1) is 0 Å². The van der Waals surface area contributed by atoms with Gasteiger partial charge in [-0.1, -0.05) is 91.0 Å². The second-order valence-electron chi connectivity index (χ2n) is 4.96. The van der Waals surface area contributed by atoms with Crippen molar-refractivity contribution in [2.75, 3.05) is 0 Å². The van der Waals surface area contributed by atoms with E-state index in [4.69, 9.17) is 0 Å². The summed E-state index contributed by atoms with van der Waals surface area (Å²) in [5.74, 6) is -3.39. The number of hydrogen-bond acceptors (Lipinski definition) is 6. The van der Waals surface area contributed by atoms with Crippen molar-refractivity contribution < 1.29 is 46.8 Å². The molecular weight excluding hydrogens is 412 g/mol. The van der Waals surface area contributed by atoms with E-state index in [0.717, 1.165) is 0 Å². The summed E-state index contributed by atoms with van der Waals surface area (Å²) in [5.41, 5.74) is 0.660. The molecule has 0 bridgehead atoms. The summed E-state index contributed by atoms with van der Waals surface area (Å²) in [7, 11) is 0. The van der Waals surface area contributed by atoms with Crippen LogP contribution < -0.4 is 15.3 Å². The van der Waals surface area contributed by atoms with E-state index in [9.17, 15) is 29.7 Å². The van der Waals surface area contributed by atoms with E-state index in [0.29, 0.717) is 0 Å². The van der Waals surface area contributed by atoms with Crippen LogP contribution in [0.15, 0.2) is 91.0 Å². The maximum Gasteiger partial charge on any atom is 0.0715 e. The maximum atomic E-state index is 10.1. The molecule has 0 atom stereocenters. The van der Waals surface area contributed by atoms with Crippen LogP contribution in [0.5, 0.6) is 0 Å². The first-order valence-electron chi connectivity index (χ1n) is 7.71. The van der Waals surface area contributed by atoms with Crippen molar-refractivity contribution in [2.45, 2.75) is 0 Å². The quantitative estimate of drug-likeness (QED) is 0.549. The van der Waals surface area contributed by atoms with Crippen molar-refractivity contribution in [1.82, 2.24) is 0 Å². The number of carboxylic acid groups (broad SMARTS) is 3. The minimum absolute atomic E-state index is 0. The fourth-order valence-electron chi connectivity index (χ4n) is 1.72. The Morgan fingerprint density at radius 1 is 0.429 bits per heavy atom. The van der Waals surface area contributed by atoms with Gasteiger partial charge in [-0.25, -0.2) is 0 Å². The number of hydrogen-bond donors (Lipinski definition) is 0. The minimum atomic E-state index is -1.13. The Morgan fingerprint density at radius 3 is 0.714 bits per heavy atom. The van der Waals surface area contributed by atoms with Crippen LogP contribution in [0.3, 0.4) is 0 Å². The van der Waals surface area contributed by atoms with E-state index in [2.05, 4.69) is 0 Å². The summed E-state index contributed by atoms with van der Waals surface area (Å²) < 4.78 is 0. The molecule has 0 saturated heterocycles. The summed E-state index contributed by atoms with van der Waals surface area (Å²) in [6.45, 7) is 0. The van der Waals surface area contributed by atoms with Crippen molar-refractivity contribution in [2.24, 2.45) is 0 Å². The molecule has 0 N–H and O–H groups in total. The molecule has 7 heteroatoms. The molecule has 0 aromatic heterocycles. The summed E-state index contributed by atoms with van der Waals surface area (Å²) >= 11 is 0. The first-order chi connectivity index (χ1) is 12.9. The Morgan fingerprint density at radius 2 is 0.607 bits per heavy atom. The molecule has 0 aliphatic heterocycles. The average molecular weight is 427 g/mol. The van der Waals surface area contributed by atoms with E-state index >= 15 is 0 Å². The van der Waals surface area contributed by atoms with Gasteiger partial charge in [0.1, 0.15) is 0 Å². The molecule has 0 aliphatic carbocycles. The van der Waals surface area contributed by atoms with Crippen molar-refractivity contribution in [1.29, 1.82) is 0 Å². The third kappa shape index (κ3) is 9.91. The largest absolute Gasteiger partial charge is 0.545 e. The average Bonchev–Trinajstić information content (AvgIpc) is 2.71. The SMILES string of the molecule is O=C([O-])c1ccccc1.O=C([O-])c1ccccc1.O=C([O-])c1ccccc1.[Cu]. The Bertz CT molecular complexity index is 734. The fourth-order valence-corrected chi connectivity index (χ4v) is 1.72. The Balaban J connectivity index is 0.000000384. The van der Waals surface area contributed by atoms with Gasteiger partial charge in [-0.2, -0.15) is 0 Å². The van der Waals surface area contributed by atoms with E-state index in [-0.39, 0.29) is 33.8 Å². The van der Waals surface area contributed by atoms with Gasteiger partial charge < -0.3 is 29.7 Å². The smallest absolute Gasteiger partial charge is 0.0715 e. The van der Waals surface area contributed by atoms with Gasteiger partial charge in [0.05, 0.1) is 17.9 Å². The van der Waals surface area contributed by atoms with Crippen LogP contribution >= 0.6 is 0 Å². The molecule has 3 aromatic rings. The molecule has 0 spiro atoms. The zero-order chi connectivity index (χ0) is 20.1. The number of carboxylic acids is 3. The predicted octanol–water partition coefficient (Wildman–Crippen LogP) is 0.148. The molecule has 0 saturated carbocycles. The maximum absolute atomic E-state index is 10.1. The summed E-state index contributed by atoms with van der Waals surface area (Å²) in [5, 5.41) is 30.3. The van der Waals surface area contributed by atoms with Gasteiger partial charge in [0.25, 0.3) is 0 Å². The Hall–Kier alpha value is -3.41. The van der Waals surface area contributed by atoms with Gasteiger partial charge in [-0.15, -0.1) is 0 Å². The topological polar surface area (TPSA) is 120 Å². The van der Waals surface area contributed by atoms with Crippen LogP contribution in [0.1, 0.15) is 31.1 Å². The second-order valence-corrected chi connectivity index (χ2v) is 4.96. The predicted molar refractivity (Wildman–Crippen MR) is 92.3 cm³/mol. The van der Waals surface area contributed by atoms with Crippen molar-refractivity contribution in [3.63, 3.8) is 0 Å². The first kappa shape index (κ1) is 24.6. The molecule has 1 radical (unpaired) electrons. The van der Waals surface area contributed by atoms with Gasteiger partial charge in [-0.05, 0) is 16.7 Å². The number of aromatic carboxylic acids is 3. The third-order valence-corrected chi connectivity index (χ3v) is 3.03. The second kappa shape index (κ2) is 13.7. The molecule has 3 rings (SSSR count). The number of rotatable bonds is 3. The molecule has 3 aromatic carbocycles. The molecule has 0 amide bonds. The van der Waals surface area contributed by atoms with Crippen molar-refractivity contribution >= 4 is 17.9 Å². The van der Waals surface area contributed by atoms with E-state index in [1.54, 1.807) is 54.6 Å². The van der Waals surface area contributed by atoms with Crippen LogP contribution in [-0.2, 0) is 17.1 Å². The van der Waals surface area contributed by atoms with Crippen molar-refractivity contribution in [3.8, 4) is 0 Å². The molecule has 28 heavy (non-hydrogen) atoms. The van der Waals surface area contributed by atoms with Gasteiger partial charge in [-0.3, -0.25) is 0 Å². The molecule has 6 nitrogen and oxygen atoms in total. The molecule has 0 heterocycles. The molecule has 0 fully saturated rings. The monoisotopic (exact) mass is 426 g/mol. The first-order valence-corrected chi connectivity index (χ1v) is 7.71. The van der Waals surface area contributed by atoms with Crippen LogP contribution in [0.2, 0.25) is 0 Å². The zero-order valence-electron chi connectivity index (χ0n) is 14.4. The van der Waals surface area contributed by atoms with Gasteiger partial charge in [0, 0.05) is 17.1 Å². The third-order valence-electron chi connectivity index (χ3n) is 3.03. The summed E-state index contributed by atoms with van der Waals surface area (Å²) in [4.78, 5) is 30.3. The standard InChI is InChI=1S/3C7H6O2.Cu/c3*8-7(9)6-4-2-1-3-5-6;/h3*1-5H,(H,8,9);/p-3. The van der Waals surface area contributed by atoms with Crippen LogP contribution in [0.25, 0.3) is 0 Å². The molecular formula is C21H15CuO6-3. The molecule has 149 valence electrons. The van der Waals surface area contributed by atoms with Gasteiger partial charge in [0.2, 0.25) is 0 Å². The summed E-state index contributed by atoms with van der Waals surface area (Å²) in [6.07, 6.45) is 0. The van der Waals surface area contributed by atoms with E-state index < -0.39 is 17.9 Å². The number of carbonyl (C=O) groups excluding carboxylic acids is 3. The Kier molecular flexibility index (Phi) is 12.1. The van der Waals surface area contributed by atoms with E-state index in [1.807, 2.05) is 0 Å². The number of benzene rings is 3. The normalized spacial score (nSPS) is 8.57. The van der Waals surface area contributed by atoms with Gasteiger partial charge in [0.15, 0.2) is 0 Å². The van der Waals surface area contributed by atoms with E-state index in [1.165, 1.54) is 36.4 Å². The molecule has 0 aliphatic rings. The van der Waals surface area contributed by atoms with Crippen LogP contribution in [0.4, 0.5) is 0 Å². The Labute approximate surface area is 172 Å². The fraction of sp³-hybridized carbons (Fsp3) is 0. The van der Waals surface area contributed by atoms with Crippen LogP contribution in [-0.4, -0.2) is 17.9 Å². The number of carbonyl (C=O) groups is 3. The molecule has 0 unspecified atom stereocenters. The summed E-state index contributed by atoms with van der Waals surface area (Å²) in [6, 6.07) is 24.2. The zero-order valence-corrected chi connectivity index (χ0v) is 15.4.